The molecule has 0 aromatic heterocycles. The molecule has 164 valence electrons. The second-order valence-electron chi connectivity index (χ2n) is 8.19. The van der Waals surface area contributed by atoms with Gasteiger partial charge >= 0.3 is 5.97 Å². The van der Waals surface area contributed by atoms with Gasteiger partial charge in [-0.2, -0.15) is 0 Å². The summed E-state index contributed by atoms with van der Waals surface area (Å²) >= 11 is 0. The number of alkyl halides is 4. The van der Waals surface area contributed by atoms with E-state index < -0.39 is 42.9 Å². The molecular formula is C20H32F4O4. The minimum absolute atomic E-state index is 0.223. The molecule has 8 heteroatoms. The van der Waals surface area contributed by atoms with Crippen molar-refractivity contribution in [2.45, 2.75) is 82.7 Å². The Balaban J connectivity index is 1.89. The fraction of sp³-hybridized carbons (Fsp3) is 0.950. The number of carbonyl (C=O) groups excluding carboxylic acids is 1. The number of ether oxygens (including phenoxy) is 3. The van der Waals surface area contributed by atoms with Crippen LogP contribution in [0.1, 0.15) is 64.7 Å². The summed E-state index contributed by atoms with van der Waals surface area (Å²) in [6.45, 7) is 1.43. The Kier molecular flexibility index (Phi) is 8.99. The molecule has 1 unspecified atom stereocenters. The summed E-state index contributed by atoms with van der Waals surface area (Å²) in [4.78, 5) is 12.3. The largest absolute Gasteiger partial charge is 0.453 e. The van der Waals surface area contributed by atoms with E-state index in [4.69, 9.17) is 14.2 Å². The van der Waals surface area contributed by atoms with E-state index in [0.29, 0.717) is 45.3 Å². The minimum atomic E-state index is -3.86. The van der Waals surface area contributed by atoms with Crippen molar-refractivity contribution in [2.75, 3.05) is 26.4 Å². The summed E-state index contributed by atoms with van der Waals surface area (Å²) in [5.74, 6) is -8.19. The smallest absolute Gasteiger partial charge is 0.309 e. The van der Waals surface area contributed by atoms with Crippen LogP contribution in [-0.2, 0) is 19.0 Å². The molecule has 2 rings (SSSR count). The quantitative estimate of drug-likeness (QED) is 0.288. The first kappa shape index (κ1) is 23.4. The van der Waals surface area contributed by atoms with Crippen LogP contribution in [0.2, 0.25) is 0 Å². The molecule has 2 fully saturated rings. The number of halogens is 4. The van der Waals surface area contributed by atoms with E-state index in [1.165, 1.54) is 0 Å². The summed E-state index contributed by atoms with van der Waals surface area (Å²) in [5.41, 5.74) is 0. The topological polar surface area (TPSA) is 44.8 Å². The molecule has 1 saturated heterocycles. The lowest BCUT2D eigenvalue weighted by Crippen LogP contribution is -2.45. The van der Waals surface area contributed by atoms with Gasteiger partial charge in [-0.3, -0.25) is 4.79 Å². The van der Waals surface area contributed by atoms with Gasteiger partial charge in [0.1, 0.15) is 0 Å². The second-order valence-corrected chi connectivity index (χ2v) is 8.19. The van der Waals surface area contributed by atoms with Gasteiger partial charge < -0.3 is 14.2 Å². The van der Waals surface area contributed by atoms with Gasteiger partial charge in [0.2, 0.25) is 0 Å². The van der Waals surface area contributed by atoms with Gasteiger partial charge in [-0.25, -0.2) is 17.6 Å². The molecule has 2 aliphatic rings. The molecule has 1 aliphatic carbocycles. The van der Waals surface area contributed by atoms with Crippen LogP contribution in [-0.4, -0.2) is 50.3 Å². The van der Waals surface area contributed by atoms with E-state index >= 15 is 0 Å². The van der Waals surface area contributed by atoms with Crippen LogP contribution in [0.3, 0.4) is 0 Å². The van der Waals surface area contributed by atoms with E-state index in [9.17, 15) is 22.4 Å². The van der Waals surface area contributed by atoms with Gasteiger partial charge in [-0.05, 0) is 44.9 Å². The van der Waals surface area contributed by atoms with E-state index in [1.54, 1.807) is 0 Å². The summed E-state index contributed by atoms with van der Waals surface area (Å²) in [6, 6.07) is 0. The predicted molar refractivity (Wildman–Crippen MR) is 95.6 cm³/mol. The Morgan fingerprint density at radius 3 is 2.32 bits per heavy atom. The van der Waals surface area contributed by atoms with Crippen LogP contribution < -0.4 is 0 Å². The lowest BCUT2D eigenvalue weighted by molar-refractivity contribution is -0.204. The molecule has 1 heterocycles. The van der Waals surface area contributed by atoms with Crippen LogP contribution in [0.15, 0.2) is 0 Å². The highest BCUT2D eigenvalue weighted by atomic mass is 19.3. The van der Waals surface area contributed by atoms with Crippen molar-refractivity contribution in [3.63, 3.8) is 0 Å². The normalized spacial score (nSPS) is 21.5. The van der Waals surface area contributed by atoms with Gasteiger partial charge in [0.15, 0.2) is 6.10 Å². The van der Waals surface area contributed by atoms with Crippen LogP contribution in [0.25, 0.3) is 0 Å². The predicted octanol–water partition coefficient (Wildman–Crippen LogP) is 4.99. The van der Waals surface area contributed by atoms with Crippen molar-refractivity contribution in [3.8, 4) is 0 Å². The summed E-state index contributed by atoms with van der Waals surface area (Å²) < 4.78 is 71.0. The number of rotatable bonds is 10. The Labute approximate surface area is 164 Å². The highest BCUT2D eigenvalue weighted by Crippen LogP contribution is 2.35. The average Bonchev–Trinajstić information content (AvgIpc) is 2.63. The summed E-state index contributed by atoms with van der Waals surface area (Å²) in [7, 11) is 0. The molecule has 0 bridgehead atoms. The summed E-state index contributed by atoms with van der Waals surface area (Å²) in [6.07, 6.45) is 2.66. The van der Waals surface area contributed by atoms with Crippen LogP contribution in [0.4, 0.5) is 17.6 Å². The van der Waals surface area contributed by atoms with Gasteiger partial charge in [-0.15, -0.1) is 0 Å². The highest BCUT2D eigenvalue weighted by molar-refractivity contribution is 5.72. The van der Waals surface area contributed by atoms with Crippen molar-refractivity contribution in [3.05, 3.63) is 0 Å². The number of hydrogen-bond donors (Lipinski definition) is 0. The Bertz CT molecular complexity index is 469. The molecule has 28 heavy (non-hydrogen) atoms. The molecule has 1 aliphatic heterocycles. The van der Waals surface area contributed by atoms with Crippen molar-refractivity contribution in [2.24, 2.45) is 11.8 Å². The standard InChI is InChI=1S/C20H32F4O4/c1-19(21,22)14-20(23,24)17(28-18(25)16-5-3-2-4-6-16)13-27-12-9-15-7-10-26-11-8-15/h15-17H,2-14H2,1H3. The maximum absolute atomic E-state index is 14.4. The molecule has 4 nitrogen and oxygen atoms in total. The van der Waals surface area contributed by atoms with Crippen LogP contribution in [0.5, 0.6) is 0 Å². The average molecular weight is 412 g/mol. The zero-order chi connectivity index (χ0) is 20.6. The molecule has 0 radical (unpaired) electrons. The zero-order valence-electron chi connectivity index (χ0n) is 16.6. The third kappa shape index (κ3) is 8.23. The maximum atomic E-state index is 14.4. The van der Waals surface area contributed by atoms with E-state index in [1.807, 2.05) is 0 Å². The molecule has 0 amide bonds. The van der Waals surface area contributed by atoms with Crippen molar-refractivity contribution < 1.29 is 36.6 Å². The zero-order valence-corrected chi connectivity index (χ0v) is 16.6. The Morgan fingerprint density at radius 1 is 1.07 bits per heavy atom. The molecule has 0 aromatic rings. The van der Waals surface area contributed by atoms with Crippen LogP contribution >= 0.6 is 0 Å². The number of carbonyl (C=O) groups is 1. The second kappa shape index (κ2) is 10.8. The van der Waals surface area contributed by atoms with E-state index in [-0.39, 0.29) is 6.61 Å². The third-order valence-electron chi connectivity index (χ3n) is 5.49. The lowest BCUT2D eigenvalue weighted by Gasteiger charge is -2.30. The molecule has 1 atom stereocenters. The van der Waals surface area contributed by atoms with Crippen LogP contribution in [0, 0.1) is 11.8 Å². The van der Waals surface area contributed by atoms with Gasteiger partial charge in [0.05, 0.1) is 18.9 Å². The van der Waals surface area contributed by atoms with Crippen molar-refractivity contribution >= 4 is 5.97 Å². The monoisotopic (exact) mass is 412 g/mol. The molecule has 0 spiro atoms. The minimum Gasteiger partial charge on any atom is -0.453 e. The van der Waals surface area contributed by atoms with Gasteiger partial charge in [-0.1, -0.05) is 19.3 Å². The molecule has 0 N–H and O–H groups in total. The van der Waals surface area contributed by atoms with Crippen molar-refractivity contribution in [1.29, 1.82) is 0 Å². The number of hydrogen-bond acceptors (Lipinski definition) is 4. The maximum Gasteiger partial charge on any atom is 0.309 e. The van der Waals surface area contributed by atoms with E-state index in [2.05, 4.69) is 0 Å². The fourth-order valence-corrected chi connectivity index (χ4v) is 3.82. The SMILES string of the molecule is CC(F)(F)CC(F)(F)C(COCCC1CCOCC1)OC(=O)C1CCCCC1. The number of esters is 1. The first-order valence-electron chi connectivity index (χ1n) is 10.3. The first-order valence-corrected chi connectivity index (χ1v) is 10.3. The Hall–Kier alpha value is -0.890. The Morgan fingerprint density at radius 2 is 1.71 bits per heavy atom. The highest BCUT2D eigenvalue weighted by Gasteiger charge is 2.49. The molecular weight excluding hydrogens is 380 g/mol. The first-order chi connectivity index (χ1) is 13.2. The third-order valence-corrected chi connectivity index (χ3v) is 5.49. The molecule has 0 aromatic carbocycles. The molecule has 1 saturated carbocycles. The summed E-state index contributed by atoms with van der Waals surface area (Å²) in [5, 5.41) is 0. The van der Waals surface area contributed by atoms with E-state index in [0.717, 1.165) is 32.1 Å². The lowest BCUT2D eigenvalue weighted by atomic mass is 9.89. The van der Waals surface area contributed by atoms with Gasteiger partial charge in [0, 0.05) is 19.8 Å². The van der Waals surface area contributed by atoms with Crippen molar-refractivity contribution in [1.82, 2.24) is 0 Å². The fourth-order valence-electron chi connectivity index (χ4n) is 3.82. The van der Waals surface area contributed by atoms with Gasteiger partial charge in [0.25, 0.3) is 11.8 Å².